The average molecular weight is 436 g/mol. The van der Waals surface area contributed by atoms with Crippen LogP contribution in [0.3, 0.4) is 0 Å². The highest BCUT2D eigenvalue weighted by Gasteiger charge is 2.34. The van der Waals surface area contributed by atoms with Gasteiger partial charge >= 0.3 is 0 Å². The summed E-state index contributed by atoms with van der Waals surface area (Å²) in [6.07, 6.45) is 6.02. The van der Waals surface area contributed by atoms with Gasteiger partial charge < -0.3 is 5.32 Å². The minimum absolute atomic E-state index is 0.214. The van der Waals surface area contributed by atoms with Gasteiger partial charge in [0.1, 0.15) is 0 Å². The fraction of sp³-hybridized carbons (Fsp3) is 0.250. The zero-order valence-corrected chi connectivity index (χ0v) is 18.2. The largest absolute Gasteiger partial charge is 0.322 e. The number of aryl methyl sites for hydroxylation is 1. The van der Waals surface area contributed by atoms with Crippen molar-refractivity contribution < 1.29 is 13.2 Å². The lowest BCUT2D eigenvalue weighted by molar-refractivity contribution is 0.102. The van der Waals surface area contributed by atoms with Crippen LogP contribution in [0.1, 0.15) is 46.8 Å². The number of pyridine rings is 1. The van der Waals surface area contributed by atoms with E-state index in [2.05, 4.69) is 10.3 Å². The van der Waals surface area contributed by atoms with E-state index < -0.39 is 10.0 Å². The van der Waals surface area contributed by atoms with Gasteiger partial charge in [-0.15, -0.1) is 0 Å². The summed E-state index contributed by atoms with van der Waals surface area (Å²) in [5, 5.41) is 2.81. The summed E-state index contributed by atoms with van der Waals surface area (Å²) < 4.78 is 28.3. The van der Waals surface area contributed by atoms with Gasteiger partial charge in [0.05, 0.1) is 10.9 Å². The van der Waals surface area contributed by atoms with E-state index >= 15 is 0 Å². The van der Waals surface area contributed by atoms with Crippen LogP contribution in [0.5, 0.6) is 0 Å². The SMILES string of the molecule is Cc1ccc(C(=O)Nc2ccc(S(=O)(=O)N3CCCCC3c3cccnc3)cc2)cc1. The van der Waals surface area contributed by atoms with Crippen LogP contribution >= 0.6 is 0 Å². The number of amides is 1. The summed E-state index contributed by atoms with van der Waals surface area (Å²) in [5.41, 5.74) is 3.09. The quantitative estimate of drug-likeness (QED) is 0.637. The number of piperidine rings is 1. The molecular weight excluding hydrogens is 410 g/mol. The molecule has 1 fully saturated rings. The number of nitrogens with zero attached hydrogens (tertiary/aromatic N) is 2. The maximum atomic E-state index is 13.4. The summed E-state index contributed by atoms with van der Waals surface area (Å²) in [6, 6.07) is 17.2. The van der Waals surface area contributed by atoms with Gasteiger partial charge in [0.25, 0.3) is 5.91 Å². The second-order valence-electron chi connectivity index (χ2n) is 7.76. The molecule has 0 radical (unpaired) electrons. The molecule has 160 valence electrons. The van der Waals surface area contributed by atoms with Crippen LogP contribution in [0.4, 0.5) is 5.69 Å². The highest BCUT2D eigenvalue weighted by molar-refractivity contribution is 7.89. The molecule has 0 bridgehead atoms. The highest BCUT2D eigenvalue weighted by atomic mass is 32.2. The predicted molar refractivity (Wildman–Crippen MR) is 120 cm³/mol. The lowest BCUT2D eigenvalue weighted by Gasteiger charge is -2.34. The van der Waals surface area contributed by atoms with Gasteiger partial charge in [-0.25, -0.2) is 8.42 Å². The van der Waals surface area contributed by atoms with Crippen molar-refractivity contribution in [2.24, 2.45) is 0 Å². The molecule has 1 unspecified atom stereocenters. The van der Waals surface area contributed by atoms with E-state index in [1.807, 2.05) is 31.2 Å². The van der Waals surface area contributed by atoms with Crippen LogP contribution in [0.15, 0.2) is 78.0 Å². The minimum atomic E-state index is -3.67. The smallest absolute Gasteiger partial charge is 0.255 e. The maximum absolute atomic E-state index is 13.4. The first-order valence-electron chi connectivity index (χ1n) is 10.3. The Morgan fingerprint density at radius 2 is 1.77 bits per heavy atom. The second-order valence-corrected chi connectivity index (χ2v) is 9.65. The third-order valence-electron chi connectivity index (χ3n) is 5.56. The zero-order chi connectivity index (χ0) is 21.8. The van der Waals surface area contributed by atoms with Crippen molar-refractivity contribution >= 4 is 21.6 Å². The number of hydrogen-bond acceptors (Lipinski definition) is 4. The molecule has 0 aliphatic carbocycles. The Hall–Kier alpha value is -3.03. The molecule has 1 N–H and O–H groups in total. The van der Waals surface area contributed by atoms with E-state index in [1.54, 1.807) is 53.1 Å². The van der Waals surface area contributed by atoms with Crippen molar-refractivity contribution in [3.05, 3.63) is 89.7 Å². The van der Waals surface area contributed by atoms with Crippen LogP contribution in [0.2, 0.25) is 0 Å². The number of carbonyl (C=O) groups excluding carboxylic acids is 1. The Bertz CT molecular complexity index is 1140. The van der Waals surface area contributed by atoms with Crippen LogP contribution in [0, 0.1) is 6.92 Å². The molecule has 6 nitrogen and oxygen atoms in total. The van der Waals surface area contributed by atoms with Crippen molar-refractivity contribution in [2.45, 2.75) is 37.1 Å². The third kappa shape index (κ3) is 4.68. The molecular formula is C24H25N3O3S. The molecule has 0 saturated carbocycles. The number of sulfonamides is 1. The number of anilines is 1. The molecule has 1 atom stereocenters. The normalized spacial score (nSPS) is 17.3. The Kier molecular flexibility index (Phi) is 6.15. The molecule has 1 aliphatic heterocycles. The lowest BCUT2D eigenvalue weighted by atomic mass is 9.99. The van der Waals surface area contributed by atoms with Gasteiger partial charge in [-0.3, -0.25) is 9.78 Å². The monoisotopic (exact) mass is 435 g/mol. The summed E-state index contributed by atoms with van der Waals surface area (Å²) in [4.78, 5) is 16.8. The van der Waals surface area contributed by atoms with Gasteiger partial charge in [-0.2, -0.15) is 4.31 Å². The van der Waals surface area contributed by atoms with Gasteiger partial charge in [-0.05, 0) is 67.8 Å². The topological polar surface area (TPSA) is 79.4 Å². The molecule has 31 heavy (non-hydrogen) atoms. The fourth-order valence-corrected chi connectivity index (χ4v) is 5.54. The molecule has 2 aromatic carbocycles. The molecule has 7 heteroatoms. The second kappa shape index (κ2) is 8.99. The van der Waals surface area contributed by atoms with Crippen molar-refractivity contribution in [2.75, 3.05) is 11.9 Å². The Morgan fingerprint density at radius 1 is 1.03 bits per heavy atom. The fourth-order valence-electron chi connectivity index (χ4n) is 3.85. The Morgan fingerprint density at radius 3 is 2.45 bits per heavy atom. The number of rotatable bonds is 5. The minimum Gasteiger partial charge on any atom is -0.322 e. The molecule has 4 rings (SSSR count). The van der Waals surface area contributed by atoms with E-state index in [4.69, 9.17) is 0 Å². The van der Waals surface area contributed by atoms with Crippen molar-refractivity contribution in [3.8, 4) is 0 Å². The molecule has 2 heterocycles. The lowest BCUT2D eigenvalue weighted by Crippen LogP contribution is -2.38. The predicted octanol–water partition coefficient (Wildman–Crippen LogP) is 4.56. The average Bonchev–Trinajstić information content (AvgIpc) is 2.80. The first kappa shape index (κ1) is 21.2. The first-order chi connectivity index (χ1) is 14.9. The van der Waals surface area contributed by atoms with E-state index in [0.29, 0.717) is 17.8 Å². The number of aromatic nitrogens is 1. The van der Waals surface area contributed by atoms with Gasteiger partial charge in [0, 0.05) is 30.2 Å². The van der Waals surface area contributed by atoms with E-state index in [9.17, 15) is 13.2 Å². The molecule has 1 aliphatic rings. The van der Waals surface area contributed by atoms with Crippen LogP contribution in [0.25, 0.3) is 0 Å². The molecule has 1 amide bonds. The first-order valence-corrected chi connectivity index (χ1v) is 11.8. The Balaban J connectivity index is 1.53. The van der Waals surface area contributed by atoms with E-state index in [0.717, 1.165) is 30.4 Å². The molecule has 1 saturated heterocycles. The van der Waals surface area contributed by atoms with Crippen LogP contribution in [-0.2, 0) is 10.0 Å². The number of carbonyl (C=O) groups is 1. The zero-order valence-electron chi connectivity index (χ0n) is 17.4. The van der Waals surface area contributed by atoms with Crippen molar-refractivity contribution in [1.82, 2.24) is 9.29 Å². The van der Waals surface area contributed by atoms with E-state index in [1.165, 1.54) is 0 Å². The van der Waals surface area contributed by atoms with Gasteiger partial charge in [0.2, 0.25) is 10.0 Å². The number of hydrogen-bond donors (Lipinski definition) is 1. The van der Waals surface area contributed by atoms with Gasteiger partial charge in [0.15, 0.2) is 0 Å². The van der Waals surface area contributed by atoms with Crippen molar-refractivity contribution in [1.29, 1.82) is 0 Å². The summed E-state index contributed by atoms with van der Waals surface area (Å²) in [7, 11) is -3.67. The summed E-state index contributed by atoms with van der Waals surface area (Å²) >= 11 is 0. The highest BCUT2D eigenvalue weighted by Crippen LogP contribution is 2.35. The summed E-state index contributed by atoms with van der Waals surface area (Å²) in [5.74, 6) is -0.233. The number of benzene rings is 2. The van der Waals surface area contributed by atoms with Crippen molar-refractivity contribution in [3.63, 3.8) is 0 Å². The molecule has 3 aromatic rings. The molecule has 1 aromatic heterocycles. The van der Waals surface area contributed by atoms with Crippen LogP contribution in [-0.4, -0.2) is 30.2 Å². The van der Waals surface area contributed by atoms with E-state index in [-0.39, 0.29) is 16.8 Å². The third-order valence-corrected chi connectivity index (χ3v) is 7.48. The maximum Gasteiger partial charge on any atom is 0.255 e. The number of nitrogens with one attached hydrogen (secondary N) is 1. The van der Waals surface area contributed by atoms with Crippen LogP contribution < -0.4 is 5.32 Å². The Labute approximate surface area is 183 Å². The van der Waals surface area contributed by atoms with Gasteiger partial charge in [-0.1, -0.05) is 30.2 Å². The standard InChI is InChI=1S/C24H25N3O3S/c1-18-7-9-19(10-8-18)24(28)26-21-11-13-22(14-12-21)31(29,30)27-16-3-2-6-23(27)20-5-4-15-25-17-20/h4-5,7-15,17,23H,2-3,6,16H2,1H3,(H,26,28). The summed E-state index contributed by atoms with van der Waals surface area (Å²) in [6.45, 7) is 2.44. The molecule has 0 spiro atoms.